The Labute approximate surface area is 154 Å². The van der Waals surface area contributed by atoms with Crippen LogP contribution in [0.1, 0.15) is 32.1 Å². The third-order valence-electron chi connectivity index (χ3n) is 6.15. The summed E-state index contributed by atoms with van der Waals surface area (Å²) >= 11 is 0. The number of aryl methyl sites for hydroxylation is 1. The van der Waals surface area contributed by atoms with Crippen molar-refractivity contribution >= 4 is 5.91 Å². The van der Waals surface area contributed by atoms with Crippen molar-refractivity contribution in [3.8, 4) is 0 Å². The third-order valence-corrected chi connectivity index (χ3v) is 6.15. The van der Waals surface area contributed by atoms with Gasteiger partial charge >= 0.3 is 0 Å². The Morgan fingerprint density at radius 1 is 1.15 bits per heavy atom. The smallest absolute Gasteiger partial charge is 0.250 e. The van der Waals surface area contributed by atoms with E-state index in [0.29, 0.717) is 24.9 Å². The van der Waals surface area contributed by atoms with E-state index in [-0.39, 0.29) is 17.5 Å². The first-order valence-electron chi connectivity index (χ1n) is 9.97. The van der Waals surface area contributed by atoms with E-state index in [0.717, 1.165) is 45.1 Å². The fourth-order valence-corrected chi connectivity index (χ4v) is 4.51. The molecule has 2 saturated heterocycles. The quantitative estimate of drug-likeness (QED) is 0.830. The van der Waals surface area contributed by atoms with Gasteiger partial charge in [-0.1, -0.05) is 6.07 Å². The molecule has 1 aliphatic carbocycles. The molecule has 3 fully saturated rings. The number of hydrogen-bond donors (Lipinski definition) is 1. The molecule has 6 nitrogen and oxygen atoms in total. The average Bonchev–Trinajstić information content (AvgIpc) is 3.42. The Hall–Kier alpha value is -1.66. The van der Waals surface area contributed by atoms with Gasteiger partial charge in [0.1, 0.15) is 0 Å². The lowest BCUT2D eigenvalue weighted by Gasteiger charge is -2.31. The first-order valence-corrected chi connectivity index (χ1v) is 9.97. The molecule has 1 amide bonds. The highest BCUT2D eigenvalue weighted by Crippen LogP contribution is 2.42. The summed E-state index contributed by atoms with van der Waals surface area (Å²) in [6, 6.07) is 5.94. The monoisotopic (exact) mass is 359 g/mol. The fourth-order valence-electron chi connectivity index (χ4n) is 4.51. The minimum atomic E-state index is -0.0530. The highest BCUT2D eigenvalue weighted by molar-refractivity contribution is 5.76. The normalized spacial score (nSPS) is 27.5. The summed E-state index contributed by atoms with van der Waals surface area (Å²) in [6.07, 6.45) is 6.92. The zero-order valence-corrected chi connectivity index (χ0v) is 15.3. The fraction of sp³-hybridized carbons (Fsp3) is 0.700. The molecule has 2 atom stereocenters. The van der Waals surface area contributed by atoms with Crippen LogP contribution in [-0.2, 0) is 16.1 Å². The number of likely N-dealkylation sites (tertiary alicyclic amines) is 1. The van der Waals surface area contributed by atoms with E-state index in [1.165, 1.54) is 18.9 Å². The van der Waals surface area contributed by atoms with Crippen molar-refractivity contribution < 1.29 is 9.53 Å². The van der Waals surface area contributed by atoms with Gasteiger partial charge in [0.25, 0.3) is 5.56 Å². The summed E-state index contributed by atoms with van der Waals surface area (Å²) in [7, 11) is 0. The molecule has 1 aromatic rings. The second-order valence-corrected chi connectivity index (χ2v) is 7.96. The molecule has 6 heteroatoms. The molecule has 1 N–H and O–H groups in total. The van der Waals surface area contributed by atoms with Gasteiger partial charge in [0.2, 0.25) is 5.91 Å². The summed E-state index contributed by atoms with van der Waals surface area (Å²) in [5, 5.41) is 3.28. The van der Waals surface area contributed by atoms with E-state index in [2.05, 4.69) is 10.2 Å². The number of aromatic nitrogens is 1. The number of carbonyl (C=O) groups excluding carboxylic acids is 1. The molecule has 142 valence electrons. The lowest BCUT2D eigenvalue weighted by molar-refractivity contribution is -0.122. The molecule has 0 bridgehead atoms. The Morgan fingerprint density at radius 2 is 1.96 bits per heavy atom. The summed E-state index contributed by atoms with van der Waals surface area (Å²) in [6.45, 7) is 4.23. The van der Waals surface area contributed by atoms with Gasteiger partial charge in [-0.25, -0.2) is 0 Å². The van der Waals surface area contributed by atoms with Crippen LogP contribution in [0, 0.1) is 11.8 Å². The van der Waals surface area contributed by atoms with Gasteiger partial charge < -0.3 is 14.6 Å². The molecule has 3 aliphatic rings. The Balaban J connectivity index is 1.32. The summed E-state index contributed by atoms with van der Waals surface area (Å²) < 4.78 is 7.09. The van der Waals surface area contributed by atoms with Crippen molar-refractivity contribution in [1.82, 2.24) is 14.8 Å². The Morgan fingerprint density at radius 3 is 2.69 bits per heavy atom. The van der Waals surface area contributed by atoms with E-state index >= 15 is 0 Å². The first-order chi connectivity index (χ1) is 12.7. The highest BCUT2D eigenvalue weighted by atomic mass is 16.5. The van der Waals surface area contributed by atoms with Gasteiger partial charge in [-0.15, -0.1) is 0 Å². The van der Waals surface area contributed by atoms with E-state index in [1.807, 2.05) is 6.07 Å². The van der Waals surface area contributed by atoms with Crippen molar-refractivity contribution in [2.24, 2.45) is 11.8 Å². The second-order valence-electron chi connectivity index (χ2n) is 7.96. The second kappa shape index (κ2) is 7.92. The summed E-state index contributed by atoms with van der Waals surface area (Å²) in [5.41, 5.74) is -0.0530. The van der Waals surface area contributed by atoms with Crippen LogP contribution in [-0.4, -0.2) is 53.8 Å². The average molecular weight is 359 g/mol. The highest BCUT2D eigenvalue weighted by Gasteiger charge is 2.44. The van der Waals surface area contributed by atoms with Crippen LogP contribution in [0.4, 0.5) is 0 Å². The zero-order chi connectivity index (χ0) is 17.9. The van der Waals surface area contributed by atoms with Crippen molar-refractivity contribution in [1.29, 1.82) is 0 Å². The molecule has 1 saturated carbocycles. The van der Waals surface area contributed by atoms with E-state index in [9.17, 15) is 9.59 Å². The topological polar surface area (TPSA) is 63.6 Å². The summed E-state index contributed by atoms with van der Waals surface area (Å²) in [4.78, 5) is 26.8. The number of amides is 1. The summed E-state index contributed by atoms with van der Waals surface area (Å²) in [5.74, 6) is 1.42. The minimum Gasteiger partial charge on any atom is -0.381 e. The molecule has 1 aromatic heterocycles. The van der Waals surface area contributed by atoms with Gasteiger partial charge in [0.05, 0.1) is 0 Å². The number of rotatable bonds is 6. The van der Waals surface area contributed by atoms with E-state index in [1.54, 1.807) is 16.8 Å². The molecule has 0 spiro atoms. The van der Waals surface area contributed by atoms with Gasteiger partial charge in [0, 0.05) is 63.6 Å². The van der Waals surface area contributed by atoms with Gasteiger partial charge in [-0.2, -0.15) is 0 Å². The van der Waals surface area contributed by atoms with Crippen LogP contribution in [0.25, 0.3) is 0 Å². The standard InChI is InChI=1S/C20H29N3O3/c24-19(6-10-22-9-2-1-3-20(22)25)21-18-14-23(13-17(18)15-4-5-15)16-7-11-26-12-8-16/h1-3,9,15-18H,4-8,10-14H2,(H,21,24). The predicted octanol–water partition coefficient (Wildman–Crippen LogP) is 1.24. The van der Waals surface area contributed by atoms with Crippen LogP contribution in [0.15, 0.2) is 29.2 Å². The van der Waals surface area contributed by atoms with Crippen LogP contribution in [0.2, 0.25) is 0 Å². The molecular formula is C20H29N3O3. The SMILES string of the molecule is O=C(CCn1ccccc1=O)NC1CN(C2CCOCC2)CC1C1CC1. The van der Waals surface area contributed by atoms with Crippen molar-refractivity contribution in [3.63, 3.8) is 0 Å². The molecule has 2 aliphatic heterocycles. The number of nitrogens with one attached hydrogen (secondary N) is 1. The molecule has 2 unspecified atom stereocenters. The first kappa shape index (κ1) is 17.7. The molecular weight excluding hydrogens is 330 g/mol. The van der Waals surface area contributed by atoms with Crippen LogP contribution < -0.4 is 10.9 Å². The van der Waals surface area contributed by atoms with E-state index in [4.69, 9.17) is 4.74 Å². The maximum absolute atomic E-state index is 12.5. The largest absolute Gasteiger partial charge is 0.381 e. The van der Waals surface area contributed by atoms with Crippen molar-refractivity contribution in [3.05, 3.63) is 34.7 Å². The maximum atomic E-state index is 12.5. The number of hydrogen-bond acceptors (Lipinski definition) is 4. The van der Waals surface area contributed by atoms with Gasteiger partial charge in [-0.3, -0.25) is 14.5 Å². The van der Waals surface area contributed by atoms with Crippen LogP contribution in [0.3, 0.4) is 0 Å². The van der Waals surface area contributed by atoms with Crippen molar-refractivity contribution in [2.75, 3.05) is 26.3 Å². The molecule has 3 heterocycles. The van der Waals surface area contributed by atoms with Crippen LogP contribution >= 0.6 is 0 Å². The maximum Gasteiger partial charge on any atom is 0.250 e. The number of carbonyl (C=O) groups is 1. The Kier molecular flexibility index (Phi) is 5.41. The molecule has 0 aromatic carbocycles. The zero-order valence-electron chi connectivity index (χ0n) is 15.3. The number of ether oxygens (including phenoxy) is 1. The van der Waals surface area contributed by atoms with Crippen molar-refractivity contribution in [2.45, 2.75) is 50.7 Å². The third kappa shape index (κ3) is 4.18. The number of nitrogens with zero attached hydrogens (tertiary/aromatic N) is 2. The Bertz CT molecular complexity index is 679. The lowest BCUT2D eigenvalue weighted by Crippen LogP contribution is -2.43. The molecule has 26 heavy (non-hydrogen) atoms. The predicted molar refractivity (Wildman–Crippen MR) is 98.9 cm³/mol. The lowest BCUT2D eigenvalue weighted by atomic mass is 9.98. The molecule has 0 radical (unpaired) electrons. The molecule has 4 rings (SSSR count). The van der Waals surface area contributed by atoms with Gasteiger partial charge in [0.15, 0.2) is 0 Å². The number of pyridine rings is 1. The van der Waals surface area contributed by atoms with Gasteiger partial charge in [-0.05, 0) is 43.6 Å². The van der Waals surface area contributed by atoms with E-state index < -0.39 is 0 Å². The van der Waals surface area contributed by atoms with Crippen LogP contribution in [0.5, 0.6) is 0 Å². The minimum absolute atomic E-state index is 0.0530.